The predicted octanol–water partition coefficient (Wildman–Crippen LogP) is 5.50. The summed E-state index contributed by atoms with van der Waals surface area (Å²) in [6, 6.07) is 9.27. The predicted molar refractivity (Wildman–Crippen MR) is 136 cm³/mol. The Morgan fingerprint density at radius 2 is 1.97 bits per heavy atom. The van der Waals surface area contributed by atoms with Crippen molar-refractivity contribution in [2.24, 2.45) is 0 Å². The fourth-order valence-corrected chi connectivity index (χ4v) is 4.79. The summed E-state index contributed by atoms with van der Waals surface area (Å²) in [6.07, 6.45) is 6.36. The lowest BCUT2D eigenvalue weighted by atomic mass is 9.89. The Labute approximate surface area is 214 Å². The van der Waals surface area contributed by atoms with E-state index in [0.717, 1.165) is 36.5 Å². The van der Waals surface area contributed by atoms with Crippen LogP contribution in [0.3, 0.4) is 0 Å². The normalized spacial score (nSPS) is 13.6. The first-order valence-electron chi connectivity index (χ1n) is 11.8. The van der Waals surface area contributed by atoms with Gasteiger partial charge >= 0.3 is 5.97 Å². The Hall–Kier alpha value is -2.90. The number of anilines is 1. The van der Waals surface area contributed by atoms with Crippen LogP contribution in [0.5, 0.6) is 0 Å². The Bertz CT molecular complexity index is 1190. The summed E-state index contributed by atoms with van der Waals surface area (Å²) in [6.45, 7) is 3.58. The monoisotopic (exact) mass is 514 g/mol. The number of ketones is 1. The second kappa shape index (κ2) is 11.7. The average molecular weight is 515 g/mol. The van der Waals surface area contributed by atoms with Gasteiger partial charge in [0.1, 0.15) is 5.82 Å². The molecular formula is C26H28Cl2N4O3. The number of benzene rings is 1. The number of hydrogen-bond acceptors (Lipinski definition) is 6. The van der Waals surface area contributed by atoms with Gasteiger partial charge in [-0.05, 0) is 55.2 Å². The van der Waals surface area contributed by atoms with E-state index >= 15 is 0 Å². The van der Waals surface area contributed by atoms with Gasteiger partial charge < -0.3 is 10.1 Å². The van der Waals surface area contributed by atoms with E-state index in [4.69, 9.17) is 32.9 Å². The van der Waals surface area contributed by atoms with Crippen LogP contribution in [0.15, 0.2) is 42.7 Å². The van der Waals surface area contributed by atoms with Gasteiger partial charge in [0.15, 0.2) is 5.78 Å². The molecule has 9 heteroatoms. The molecule has 0 unspecified atom stereocenters. The molecule has 0 spiro atoms. The highest BCUT2D eigenvalue weighted by molar-refractivity contribution is 6.34. The number of ether oxygens (including phenoxy) is 1. The van der Waals surface area contributed by atoms with Crippen molar-refractivity contribution in [1.29, 1.82) is 0 Å². The molecule has 3 heterocycles. The molecule has 3 aromatic rings. The number of nitrogens with zero attached hydrogens (tertiary/aromatic N) is 3. The zero-order valence-corrected chi connectivity index (χ0v) is 21.1. The first-order valence-corrected chi connectivity index (χ1v) is 12.6. The van der Waals surface area contributed by atoms with Crippen molar-refractivity contribution in [3.8, 4) is 0 Å². The van der Waals surface area contributed by atoms with E-state index < -0.39 is 5.92 Å². The number of carbonyl (C=O) groups excluding carboxylic acids is 2. The molecule has 35 heavy (non-hydrogen) atoms. The fourth-order valence-electron chi connectivity index (χ4n) is 4.25. The molecule has 0 aliphatic carbocycles. The number of esters is 1. The summed E-state index contributed by atoms with van der Waals surface area (Å²) < 4.78 is 6.86. The number of aryl methyl sites for hydroxylation is 3. The Balaban J connectivity index is 1.42. The number of fused-ring (bicyclic) bond motifs is 1. The third-order valence-electron chi connectivity index (χ3n) is 6.01. The summed E-state index contributed by atoms with van der Waals surface area (Å²) in [5, 5.41) is 8.61. The van der Waals surface area contributed by atoms with Crippen molar-refractivity contribution in [3.63, 3.8) is 0 Å². The van der Waals surface area contributed by atoms with E-state index in [-0.39, 0.29) is 31.2 Å². The second-order valence-corrected chi connectivity index (χ2v) is 9.49. The minimum Gasteiger partial charge on any atom is -0.466 e. The minimum atomic E-state index is -0.409. The third-order valence-corrected chi connectivity index (χ3v) is 6.45. The molecule has 1 N–H and O–H groups in total. The van der Waals surface area contributed by atoms with E-state index in [0.29, 0.717) is 28.6 Å². The van der Waals surface area contributed by atoms with Crippen molar-refractivity contribution in [2.75, 3.05) is 18.5 Å². The van der Waals surface area contributed by atoms with Gasteiger partial charge in [-0.15, -0.1) is 0 Å². The lowest BCUT2D eigenvalue weighted by Crippen LogP contribution is -2.14. The van der Waals surface area contributed by atoms with Crippen molar-refractivity contribution < 1.29 is 14.3 Å². The van der Waals surface area contributed by atoms with Gasteiger partial charge in [0.2, 0.25) is 0 Å². The summed E-state index contributed by atoms with van der Waals surface area (Å²) in [5.74, 6) is 0.0778. The molecule has 0 fully saturated rings. The average Bonchev–Trinajstić information content (AvgIpc) is 3.31. The van der Waals surface area contributed by atoms with Crippen LogP contribution in [0.4, 0.5) is 5.82 Å². The lowest BCUT2D eigenvalue weighted by Gasteiger charge is -2.17. The highest BCUT2D eigenvalue weighted by Gasteiger charge is 2.23. The Morgan fingerprint density at radius 1 is 1.17 bits per heavy atom. The van der Waals surface area contributed by atoms with Crippen molar-refractivity contribution in [3.05, 3.63) is 75.2 Å². The first kappa shape index (κ1) is 25.2. The maximum absolute atomic E-state index is 13.1. The number of hydrogen-bond donors (Lipinski definition) is 1. The van der Waals surface area contributed by atoms with Crippen LogP contribution >= 0.6 is 23.2 Å². The molecule has 184 valence electrons. The van der Waals surface area contributed by atoms with Gasteiger partial charge in [0.05, 0.1) is 24.8 Å². The van der Waals surface area contributed by atoms with E-state index in [9.17, 15) is 9.59 Å². The molecule has 2 aromatic heterocycles. The maximum Gasteiger partial charge on any atom is 0.306 e. The van der Waals surface area contributed by atoms with Crippen LogP contribution in [0.1, 0.15) is 59.3 Å². The molecule has 7 nitrogen and oxygen atoms in total. The van der Waals surface area contributed by atoms with Crippen LogP contribution in [0.2, 0.25) is 10.0 Å². The topological polar surface area (TPSA) is 86.1 Å². The molecule has 0 saturated carbocycles. The van der Waals surface area contributed by atoms with Crippen molar-refractivity contribution in [1.82, 2.24) is 14.8 Å². The number of rotatable bonds is 10. The van der Waals surface area contributed by atoms with Crippen molar-refractivity contribution >= 4 is 40.8 Å². The molecule has 0 bridgehead atoms. The second-order valence-electron chi connectivity index (χ2n) is 8.62. The third kappa shape index (κ3) is 6.83. The molecule has 0 saturated heterocycles. The SMILES string of the molecule is CCOC(=O)C[C@H](CC(=O)c1cnn(CCc2ccc3c(n2)NCCC3)c1)c1cc(Cl)cc(Cl)c1. The van der Waals surface area contributed by atoms with E-state index in [2.05, 4.69) is 22.5 Å². The number of nitrogens with one attached hydrogen (secondary N) is 1. The lowest BCUT2D eigenvalue weighted by molar-refractivity contribution is -0.143. The number of pyridine rings is 1. The number of Topliss-reactive ketones (excluding diaryl/α,β-unsaturated/α-hetero) is 1. The molecule has 0 amide bonds. The van der Waals surface area contributed by atoms with Gasteiger partial charge in [0.25, 0.3) is 0 Å². The molecular weight excluding hydrogens is 487 g/mol. The molecule has 0 radical (unpaired) electrons. The fraction of sp³-hybridized carbons (Fsp3) is 0.385. The van der Waals surface area contributed by atoms with Gasteiger partial charge in [-0.1, -0.05) is 29.3 Å². The van der Waals surface area contributed by atoms with Gasteiger partial charge in [-0.3, -0.25) is 14.3 Å². The van der Waals surface area contributed by atoms with Crippen LogP contribution in [0, 0.1) is 0 Å². The van der Waals surface area contributed by atoms with E-state index in [1.165, 1.54) is 5.56 Å². The summed E-state index contributed by atoms with van der Waals surface area (Å²) in [5.41, 5.74) is 3.45. The number of aromatic nitrogens is 3. The quantitative estimate of drug-likeness (QED) is 0.284. The molecule has 1 atom stereocenters. The summed E-state index contributed by atoms with van der Waals surface area (Å²) >= 11 is 12.3. The highest BCUT2D eigenvalue weighted by Crippen LogP contribution is 2.31. The van der Waals surface area contributed by atoms with Gasteiger partial charge in [0, 0.05) is 53.8 Å². The molecule has 4 rings (SSSR count). The Morgan fingerprint density at radius 3 is 2.74 bits per heavy atom. The molecule has 1 aliphatic heterocycles. The van der Waals surface area contributed by atoms with E-state index in [1.807, 2.05) is 0 Å². The van der Waals surface area contributed by atoms with Crippen LogP contribution in [0.25, 0.3) is 0 Å². The Kier molecular flexibility index (Phi) is 8.42. The molecule has 1 aromatic carbocycles. The molecule has 1 aliphatic rings. The first-order chi connectivity index (χ1) is 16.9. The number of halogens is 2. The zero-order valence-electron chi connectivity index (χ0n) is 19.6. The largest absolute Gasteiger partial charge is 0.466 e. The number of carbonyl (C=O) groups is 2. The summed E-state index contributed by atoms with van der Waals surface area (Å²) in [4.78, 5) is 30.0. The van der Waals surface area contributed by atoms with Crippen molar-refractivity contribution in [2.45, 2.75) is 51.5 Å². The smallest absolute Gasteiger partial charge is 0.306 e. The van der Waals surface area contributed by atoms with E-state index in [1.54, 1.807) is 42.2 Å². The highest BCUT2D eigenvalue weighted by atomic mass is 35.5. The minimum absolute atomic E-state index is 0.0580. The van der Waals surface area contributed by atoms with Crippen LogP contribution in [-0.2, 0) is 28.9 Å². The van der Waals surface area contributed by atoms with Crippen LogP contribution in [-0.4, -0.2) is 39.7 Å². The standard InChI is InChI=1S/C26H28Cl2N4O3/c1-2-35-25(34)13-19(18-10-21(27)14-22(28)11-18)12-24(33)20-15-30-32(16-20)9-7-23-6-5-17-4-3-8-29-26(17)31-23/h5-6,10-11,14-16,19H,2-4,7-9,12-13H2,1H3,(H,29,31)/t19-/m0/s1. The van der Waals surface area contributed by atoms with Gasteiger partial charge in [-0.2, -0.15) is 5.10 Å². The maximum atomic E-state index is 13.1. The van der Waals surface area contributed by atoms with Crippen LogP contribution < -0.4 is 5.32 Å². The zero-order chi connectivity index (χ0) is 24.8. The van der Waals surface area contributed by atoms with Gasteiger partial charge in [-0.25, -0.2) is 4.98 Å². The summed E-state index contributed by atoms with van der Waals surface area (Å²) in [7, 11) is 0.